The van der Waals surface area contributed by atoms with Crippen LogP contribution < -0.4 is 10.5 Å². The van der Waals surface area contributed by atoms with Crippen LogP contribution in [0, 0.1) is 11.6 Å². The molecule has 7 heteroatoms. The highest BCUT2D eigenvalue weighted by molar-refractivity contribution is 5.76. The minimum absolute atomic E-state index is 0.206. The summed E-state index contributed by atoms with van der Waals surface area (Å²) in [7, 11) is 0. The average molecular weight is 317 g/mol. The second-order valence-electron chi connectivity index (χ2n) is 5.03. The van der Waals surface area contributed by atoms with Crippen molar-refractivity contribution < 1.29 is 18.3 Å². The summed E-state index contributed by atoms with van der Waals surface area (Å²) in [4.78, 5) is 14.8. The number of rotatable bonds is 5. The summed E-state index contributed by atoms with van der Waals surface area (Å²) in [5, 5.41) is 0. The van der Waals surface area contributed by atoms with Gasteiger partial charge in [-0.1, -0.05) is 12.1 Å². The summed E-state index contributed by atoms with van der Waals surface area (Å²) in [6, 6.07) is 9.24. The third kappa shape index (κ3) is 3.28. The van der Waals surface area contributed by atoms with Gasteiger partial charge in [0.1, 0.15) is 5.75 Å². The summed E-state index contributed by atoms with van der Waals surface area (Å²) >= 11 is 0. The summed E-state index contributed by atoms with van der Waals surface area (Å²) < 4.78 is 33.6. The van der Waals surface area contributed by atoms with Crippen LogP contribution in [0.15, 0.2) is 42.7 Å². The van der Waals surface area contributed by atoms with Crippen molar-refractivity contribution in [1.82, 2.24) is 9.55 Å². The van der Waals surface area contributed by atoms with E-state index in [1.165, 1.54) is 6.33 Å². The van der Waals surface area contributed by atoms with E-state index in [9.17, 15) is 13.6 Å². The van der Waals surface area contributed by atoms with Gasteiger partial charge in [0.05, 0.1) is 17.4 Å². The molecule has 1 aromatic heterocycles. The molecule has 0 fully saturated rings. The van der Waals surface area contributed by atoms with E-state index in [2.05, 4.69) is 4.98 Å². The largest absolute Gasteiger partial charge is 0.484 e. The molecule has 3 rings (SSSR count). The molecular formula is C16H13F2N3O2. The fourth-order valence-corrected chi connectivity index (χ4v) is 2.26. The van der Waals surface area contributed by atoms with Gasteiger partial charge in [-0.25, -0.2) is 13.8 Å². The van der Waals surface area contributed by atoms with Crippen LogP contribution in [0.2, 0.25) is 0 Å². The van der Waals surface area contributed by atoms with Gasteiger partial charge >= 0.3 is 0 Å². The lowest BCUT2D eigenvalue weighted by Gasteiger charge is -2.08. The number of hydrogen-bond acceptors (Lipinski definition) is 3. The monoisotopic (exact) mass is 317 g/mol. The minimum atomic E-state index is -0.926. The first-order valence-electron chi connectivity index (χ1n) is 6.83. The highest BCUT2D eigenvalue weighted by atomic mass is 19.2. The number of amides is 1. The van der Waals surface area contributed by atoms with Crippen LogP contribution in [0.25, 0.3) is 11.0 Å². The van der Waals surface area contributed by atoms with Crippen molar-refractivity contribution in [2.24, 2.45) is 5.73 Å². The predicted molar refractivity (Wildman–Crippen MR) is 79.9 cm³/mol. The number of hydrogen-bond donors (Lipinski definition) is 1. The van der Waals surface area contributed by atoms with E-state index in [1.54, 1.807) is 22.8 Å². The maximum Gasteiger partial charge on any atom is 0.255 e. The maximum atomic E-state index is 13.4. The van der Waals surface area contributed by atoms with Crippen LogP contribution in [0.5, 0.6) is 5.75 Å². The van der Waals surface area contributed by atoms with Crippen molar-refractivity contribution in [3.8, 4) is 5.75 Å². The molecule has 0 radical (unpaired) electrons. The van der Waals surface area contributed by atoms with Crippen molar-refractivity contribution in [3.05, 3.63) is 59.9 Å². The first-order valence-corrected chi connectivity index (χ1v) is 6.83. The Kier molecular flexibility index (Phi) is 3.92. The van der Waals surface area contributed by atoms with Gasteiger partial charge < -0.3 is 15.0 Å². The van der Waals surface area contributed by atoms with Gasteiger partial charge in [0.2, 0.25) is 0 Å². The number of carbonyl (C=O) groups is 1. The molecule has 0 spiro atoms. The first-order chi connectivity index (χ1) is 11.0. The van der Waals surface area contributed by atoms with Gasteiger partial charge in [-0.3, -0.25) is 4.79 Å². The number of nitrogens with two attached hydrogens (primary N) is 1. The first kappa shape index (κ1) is 15.0. The molecule has 1 amide bonds. The van der Waals surface area contributed by atoms with E-state index in [0.29, 0.717) is 23.3 Å². The normalized spacial score (nSPS) is 10.9. The molecule has 0 aliphatic rings. The number of halogens is 2. The summed E-state index contributed by atoms with van der Waals surface area (Å²) in [6.45, 7) is 0.192. The zero-order valence-electron chi connectivity index (χ0n) is 12.0. The van der Waals surface area contributed by atoms with Crippen LogP contribution in [0.1, 0.15) is 5.56 Å². The molecule has 118 valence electrons. The number of primary amides is 1. The van der Waals surface area contributed by atoms with Gasteiger partial charge in [0.15, 0.2) is 18.2 Å². The topological polar surface area (TPSA) is 70.1 Å². The highest BCUT2D eigenvalue weighted by Crippen LogP contribution is 2.20. The average Bonchev–Trinajstić information content (AvgIpc) is 2.88. The van der Waals surface area contributed by atoms with E-state index in [4.69, 9.17) is 10.5 Å². The van der Waals surface area contributed by atoms with Crippen molar-refractivity contribution in [3.63, 3.8) is 0 Å². The Hall–Kier alpha value is -2.96. The molecular weight excluding hydrogens is 304 g/mol. The third-order valence-corrected chi connectivity index (χ3v) is 3.30. The molecule has 0 saturated carbocycles. The number of imidazole rings is 1. The molecule has 2 aromatic carbocycles. The molecule has 0 atom stereocenters. The van der Waals surface area contributed by atoms with Crippen molar-refractivity contribution in [1.29, 1.82) is 0 Å². The zero-order chi connectivity index (χ0) is 16.4. The van der Waals surface area contributed by atoms with Gasteiger partial charge in [-0.2, -0.15) is 0 Å². The Labute approximate surface area is 130 Å². The Morgan fingerprint density at radius 2 is 2.00 bits per heavy atom. The number of aromatic nitrogens is 2. The molecule has 0 bridgehead atoms. The Balaban J connectivity index is 1.86. The minimum Gasteiger partial charge on any atom is -0.484 e. The quantitative estimate of drug-likeness (QED) is 0.784. The third-order valence-electron chi connectivity index (χ3n) is 3.30. The lowest BCUT2D eigenvalue weighted by Crippen LogP contribution is -2.20. The van der Waals surface area contributed by atoms with Gasteiger partial charge in [0, 0.05) is 18.7 Å². The maximum absolute atomic E-state index is 13.4. The molecule has 2 N–H and O–H groups in total. The Bertz CT molecular complexity index is 877. The van der Waals surface area contributed by atoms with Crippen LogP contribution in [0.4, 0.5) is 8.78 Å². The summed E-state index contributed by atoms with van der Waals surface area (Å²) in [5.74, 6) is -1.90. The van der Waals surface area contributed by atoms with E-state index in [1.807, 2.05) is 6.07 Å². The molecule has 0 aliphatic carbocycles. The van der Waals surface area contributed by atoms with Gasteiger partial charge in [0.25, 0.3) is 5.91 Å². The smallest absolute Gasteiger partial charge is 0.255 e. The number of ether oxygens (including phenoxy) is 1. The van der Waals surface area contributed by atoms with Gasteiger partial charge in [-0.15, -0.1) is 0 Å². The van der Waals surface area contributed by atoms with Crippen molar-refractivity contribution in [2.75, 3.05) is 6.61 Å². The summed E-state index contributed by atoms with van der Waals surface area (Å²) in [6.07, 6.45) is 1.51. The fourth-order valence-electron chi connectivity index (χ4n) is 2.26. The molecule has 0 unspecified atom stereocenters. The molecule has 0 aliphatic heterocycles. The summed E-state index contributed by atoms with van der Waals surface area (Å²) in [5.41, 5.74) is 6.76. The Morgan fingerprint density at radius 1 is 1.22 bits per heavy atom. The molecule has 1 heterocycles. The van der Waals surface area contributed by atoms with Crippen molar-refractivity contribution in [2.45, 2.75) is 6.54 Å². The zero-order valence-corrected chi connectivity index (χ0v) is 12.0. The van der Waals surface area contributed by atoms with E-state index in [0.717, 1.165) is 17.7 Å². The lowest BCUT2D eigenvalue weighted by atomic mass is 10.2. The fraction of sp³-hybridized carbons (Fsp3) is 0.125. The number of fused-ring (bicyclic) bond motifs is 1. The lowest BCUT2D eigenvalue weighted by molar-refractivity contribution is -0.119. The highest BCUT2D eigenvalue weighted by Gasteiger charge is 2.09. The van der Waals surface area contributed by atoms with Gasteiger partial charge in [-0.05, 0) is 17.7 Å². The van der Waals surface area contributed by atoms with Crippen LogP contribution in [-0.4, -0.2) is 22.1 Å². The van der Waals surface area contributed by atoms with E-state index >= 15 is 0 Å². The number of carbonyl (C=O) groups excluding carboxylic acids is 1. The molecule has 3 aromatic rings. The van der Waals surface area contributed by atoms with Crippen molar-refractivity contribution >= 4 is 16.9 Å². The van der Waals surface area contributed by atoms with E-state index < -0.39 is 17.5 Å². The number of nitrogens with zero attached hydrogens (tertiary/aromatic N) is 2. The molecule has 0 saturated heterocycles. The second kappa shape index (κ2) is 6.04. The SMILES string of the molecule is NC(=O)COc1cccc(Cn2cnc3cc(F)c(F)cc32)c1. The van der Waals surface area contributed by atoms with E-state index in [-0.39, 0.29) is 6.61 Å². The molecule has 5 nitrogen and oxygen atoms in total. The van der Waals surface area contributed by atoms with Crippen LogP contribution >= 0.6 is 0 Å². The predicted octanol–water partition coefficient (Wildman–Crippen LogP) is 2.23. The van der Waals surface area contributed by atoms with Crippen LogP contribution in [0.3, 0.4) is 0 Å². The molecule has 23 heavy (non-hydrogen) atoms. The van der Waals surface area contributed by atoms with Crippen LogP contribution in [-0.2, 0) is 11.3 Å². The second-order valence-corrected chi connectivity index (χ2v) is 5.03. The number of benzene rings is 2. The standard InChI is InChI=1S/C16H13F2N3O2/c17-12-5-14-15(6-13(12)18)21(9-20-14)7-10-2-1-3-11(4-10)23-8-16(19)22/h1-6,9H,7-8H2,(H2,19,22). The Morgan fingerprint density at radius 3 is 2.78 bits per heavy atom.